The lowest BCUT2D eigenvalue weighted by Crippen LogP contribution is -2.31. The number of aromatic nitrogens is 2. The highest BCUT2D eigenvalue weighted by Crippen LogP contribution is 2.25. The fraction of sp³-hybridized carbons (Fsp3) is 0.103. The van der Waals surface area contributed by atoms with Gasteiger partial charge in [-0.3, -0.25) is 9.78 Å². The number of hydrogen-bond acceptors (Lipinski definition) is 4. The van der Waals surface area contributed by atoms with Crippen LogP contribution >= 0.6 is 0 Å². The number of pyridine rings is 1. The second-order valence-electron chi connectivity index (χ2n) is 8.54. The summed E-state index contributed by atoms with van der Waals surface area (Å²) < 4.78 is 2.04. The average molecular weight is 462 g/mol. The molecule has 0 saturated heterocycles. The number of para-hydroxylation sites is 1. The zero-order valence-electron chi connectivity index (χ0n) is 19.2. The quantitative estimate of drug-likeness (QED) is 0.310. The Bertz CT molecular complexity index is 1400. The summed E-state index contributed by atoms with van der Waals surface area (Å²) in [6.45, 7) is 0.516. The Balaban J connectivity index is 1.54. The van der Waals surface area contributed by atoms with Crippen LogP contribution in [0, 0.1) is 0 Å². The van der Waals surface area contributed by atoms with E-state index in [1.54, 1.807) is 12.4 Å². The second kappa shape index (κ2) is 9.93. The number of hydrogen-bond donors (Lipinski definition) is 3. The number of rotatable bonds is 7. The van der Waals surface area contributed by atoms with Crippen LogP contribution in [-0.2, 0) is 6.54 Å². The first-order chi connectivity index (χ1) is 17.1. The molecule has 0 bridgehead atoms. The molecule has 1 amide bonds. The van der Waals surface area contributed by atoms with Crippen LogP contribution in [-0.4, -0.2) is 15.5 Å². The largest absolute Gasteiger partial charge is 0.340 e. The first kappa shape index (κ1) is 22.5. The van der Waals surface area contributed by atoms with Gasteiger partial charge in [0.1, 0.15) is 5.69 Å². The van der Waals surface area contributed by atoms with Crippen molar-refractivity contribution in [2.24, 2.45) is 11.5 Å². The highest BCUT2D eigenvalue weighted by atomic mass is 16.2. The van der Waals surface area contributed by atoms with Gasteiger partial charge in [-0.05, 0) is 46.5 Å². The van der Waals surface area contributed by atoms with Crippen LogP contribution < -0.4 is 16.8 Å². The fourth-order valence-electron chi connectivity index (χ4n) is 4.42. The van der Waals surface area contributed by atoms with Crippen molar-refractivity contribution in [2.45, 2.75) is 18.8 Å². The van der Waals surface area contributed by atoms with Gasteiger partial charge in [-0.25, -0.2) is 0 Å². The van der Waals surface area contributed by atoms with Gasteiger partial charge < -0.3 is 21.4 Å². The molecule has 1 unspecified atom stereocenters. The molecule has 35 heavy (non-hydrogen) atoms. The summed E-state index contributed by atoms with van der Waals surface area (Å²) in [6.07, 6.45) is 2.93. The number of fused-ring (bicyclic) bond motifs is 1. The van der Waals surface area contributed by atoms with E-state index in [9.17, 15) is 4.79 Å². The van der Waals surface area contributed by atoms with Crippen molar-refractivity contribution in [3.8, 4) is 0 Å². The molecular weight excluding hydrogens is 434 g/mol. The minimum atomic E-state index is -0.550. The van der Waals surface area contributed by atoms with E-state index in [0.29, 0.717) is 12.2 Å². The molecule has 6 nitrogen and oxygen atoms in total. The van der Waals surface area contributed by atoms with E-state index in [1.165, 1.54) is 0 Å². The maximum atomic E-state index is 13.8. The molecule has 5 rings (SSSR count). The molecule has 3 aromatic carbocycles. The molecule has 6 heteroatoms. The molecule has 0 spiro atoms. The molecule has 0 fully saturated rings. The van der Waals surface area contributed by atoms with Crippen molar-refractivity contribution in [1.82, 2.24) is 14.9 Å². The van der Waals surface area contributed by atoms with E-state index in [-0.39, 0.29) is 11.9 Å². The van der Waals surface area contributed by atoms with Crippen LogP contribution in [0.4, 0.5) is 0 Å². The van der Waals surface area contributed by atoms with E-state index in [2.05, 4.69) is 10.3 Å². The zero-order chi connectivity index (χ0) is 24.2. The lowest BCUT2D eigenvalue weighted by molar-refractivity contribution is 0.0934. The Kier molecular flexibility index (Phi) is 6.39. The van der Waals surface area contributed by atoms with Crippen molar-refractivity contribution < 1.29 is 4.79 Å². The van der Waals surface area contributed by atoms with Gasteiger partial charge in [0.2, 0.25) is 0 Å². The van der Waals surface area contributed by atoms with Crippen LogP contribution in [0.25, 0.3) is 10.9 Å². The summed E-state index contributed by atoms with van der Waals surface area (Å²) in [4.78, 5) is 17.9. The number of amides is 1. The van der Waals surface area contributed by atoms with E-state index in [0.717, 1.165) is 33.2 Å². The molecule has 0 aliphatic rings. The van der Waals surface area contributed by atoms with E-state index < -0.39 is 6.17 Å². The predicted octanol–water partition coefficient (Wildman–Crippen LogP) is 4.52. The fourth-order valence-corrected chi connectivity index (χ4v) is 4.42. The predicted molar refractivity (Wildman–Crippen MR) is 139 cm³/mol. The number of nitrogens with one attached hydrogen (secondary N) is 1. The van der Waals surface area contributed by atoms with Gasteiger partial charge in [-0.15, -0.1) is 0 Å². The summed E-state index contributed by atoms with van der Waals surface area (Å²) in [6, 6.07) is 31.3. The Morgan fingerprint density at radius 3 is 2.26 bits per heavy atom. The molecule has 0 saturated carbocycles. The van der Waals surface area contributed by atoms with Gasteiger partial charge >= 0.3 is 0 Å². The molecule has 0 aliphatic heterocycles. The summed E-state index contributed by atoms with van der Waals surface area (Å²) in [5.41, 5.74) is 17.2. The zero-order valence-corrected chi connectivity index (χ0v) is 19.2. The monoisotopic (exact) mass is 461 g/mol. The number of carbonyl (C=O) groups excluding carboxylic acids is 1. The SMILES string of the molecule is NC(N)c1cccc(Cn2c(C(=O)NC(c3ccccc3)c3ccncc3)cc3ccccc32)c1. The maximum Gasteiger partial charge on any atom is 0.268 e. The number of nitrogens with two attached hydrogens (primary N) is 2. The van der Waals surface area contributed by atoms with Gasteiger partial charge in [0.05, 0.1) is 12.2 Å². The molecular formula is C29H27N5O. The summed E-state index contributed by atoms with van der Waals surface area (Å²) >= 11 is 0. The Morgan fingerprint density at radius 1 is 0.800 bits per heavy atom. The normalized spacial score (nSPS) is 12.1. The van der Waals surface area contributed by atoms with Gasteiger partial charge in [0.15, 0.2) is 0 Å². The molecule has 5 aromatic rings. The number of carbonyl (C=O) groups is 1. The van der Waals surface area contributed by atoms with Crippen molar-refractivity contribution >= 4 is 16.8 Å². The lowest BCUT2D eigenvalue weighted by atomic mass is 9.99. The third kappa shape index (κ3) is 4.84. The van der Waals surface area contributed by atoms with E-state index in [1.807, 2.05) is 102 Å². The number of nitrogens with zero attached hydrogens (tertiary/aromatic N) is 2. The van der Waals surface area contributed by atoms with Gasteiger partial charge in [0, 0.05) is 29.8 Å². The van der Waals surface area contributed by atoms with Crippen molar-refractivity contribution in [3.05, 3.63) is 137 Å². The van der Waals surface area contributed by atoms with Gasteiger partial charge in [-0.2, -0.15) is 0 Å². The molecule has 1 atom stereocenters. The second-order valence-corrected chi connectivity index (χ2v) is 8.54. The van der Waals surface area contributed by atoms with Crippen molar-refractivity contribution in [1.29, 1.82) is 0 Å². The average Bonchev–Trinajstić information content (AvgIpc) is 3.27. The maximum absolute atomic E-state index is 13.8. The Morgan fingerprint density at radius 2 is 1.49 bits per heavy atom. The topological polar surface area (TPSA) is 99.0 Å². The van der Waals surface area contributed by atoms with Crippen LogP contribution in [0.1, 0.15) is 44.9 Å². The van der Waals surface area contributed by atoms with Crippen LogP contribution in [0.3, 0.4) is 0 Å². The summed E-state index contributed by atoms with van der Waals surface area (Å²) in [5.74, 6) is -0.154. The molecule has 0 radical (unpaired) electrons. The number of benzene rings is 3. The third-order valence-electron chi connectivity index (χ3n) is 6.17. The van der Waals surface area contributed by atoms with E-state index >= 15 is 0 Å². The van der Waals surface area contributed by atoms with Crippen molar-refractivity contribution in [2.75, 3.05) is 0 Å². The van der Waals surface area contributed by atoms with Crippen LogP contribution in [0.5, 0.6) is 0 Å². The minimum absolute atomic E-state index is 0.154. The summed E-state index contributed by atoms with van der Waals surface area (Å²) in [5, 5.41) is 4.26. The smallest absolute Gasteiger partial charge is 0.268 e. The minimum Gasteiger partial charge on any atom is -0.340 e. The van der Waals surface area contributed by atoms with E-state index in [4.69, 9.17) is 11.5 Å². The first-order valence-electron chi connectivity index (χ1n) is 11.5. The highest BCUT2D eigenvalue weighted by molar-refractivity contribution is 5.99. The molecule has 5 N–H and O–H groups in total. The molecule has 2 aromatic heterocycles. The van der Waals surface area contributed by atoms with Crippen molar-refractivity contribution in [3.63, 3.8) is 0 Å². The van der Waals surface area contributed by atoms with Crippen LogP contribution in [0.2, 0.25) is 0 Å². The van der Waals surface area contributed by atoms with Crippen LogP contribution in [0.15, 0.2) is 109 Å². The standard InChI is InChI=1S/C29H27N5O/c30-28(31)24-11-6-7-20(17-24)19-34-25-12-5-4-10-23(25)18-26(34)29(35)33-27(21-8-2-1-3-9-21)22-13-15-32-16-14-22/h1-18,27-28H,19,30-31H2,(H,33,35). The molecule has 0 aliphatic carbocycles. The lowest BCUT2D eigenvalue weighted by Gasteiger charge is -2.20. The molecule has 2 heterocycles. The Labute approximate surface area is 204 Å². The Hall–Kier alpha value is -4.26. The molecule has 174 valence electrons. The van der Waals surface area contributed by atoms with Gasteiger partial charge in [0.25, 0.3) is 5.91 Å². The van der Waals surface area contributed by atoms with Gasteiger partial charge in [-0.1, -0.05) is 72.8 Å². The highest BCUT2D eigenvalue weighted by Gasteiger charge is 2.21. The third-order valence-corrected chi connectivity index (χ3v) is 6.17. The first-order valence-corrected chi connectivity index (χ1v) is 11.5. The summed E-state index contributed by atoms with van der Waals surface area (Å²) in [7, 11) is 0.